The molecule has 150 valence electrons. The number of Topliss-reactive ketones (excluding diaryl/α,β-unsaturated/α-hetero) is 1. The maximum Gasteiger partial charge on any atom is 0.163 e. The van der Waals surface area contributed by atoms with E-state index in [9.17, 15) is 4.79 Å². The van der Waals surface area contributed by atoms with Crippen LogP contribution >= 0.6 is 0 Å². The molecule has 0 aliphatic carbocycles. The van der Waals surface area contributed by atoms with Gasteiger partial charge >= 0.3 is 0 Å². The van der Waals surface area contributed by atoms with Crippen LogP contribution in [0.5, 0.6) is 0 Å². The second kappa shape index (κ2) is 10.4. The molecule has 0 fully saturated rings. The van der Waals surface area contributed by atoms with E-state index in [0.717, 1.165) is 18.4 Å². The van der Waals surface area contributed by atoms with Gasteiger partial charge in [-0.2, -0.15) is 0 Å². The number of carbonyl (C=O) groups excluding carboxylic acids is 1. The van der Waals surface area contributed by atoms with Gasteiger partial charge in [0.15, 0.2) is 5.78 Å². The maximum atomic E-state index is 13.8. The van der Waals surface area contributed by atoms with Gasteiger partial charge in [0.25, 0.3) is 0 Å². The smallest absolute Gasteiger partial charge is 0.163 e. The van der Waals surface area contributed by atoms with Gasteiger partial charge in [-0.25, -0.2) is 0 Å². The van der Waals surface area contributed by atoms with E-state index in [1.165, 1.54) is 29.6 Å². The topological polar surface area (TPSA) is 17.1 Å². The van der Waals surface area contributed by atoms with Crippen molar-refractivity contribution in [2.45, 2.75) is 51.1 Å². The molecule has 0 bridgehead atoms. The number of benzene rings is 3. The first-order chi connectivity index (χ1) is 14.2. The Hall–Kier alpha value is -2.45. The summed E-state index contributed by atoms with van der Waals surface area (Å²) in [5.41, 5.74) is 0.880. The van der Waals surface area contributed by atoms with Crippen LogP contribution in [-0.2, 0) is 0 Å². The predicted molar refractivity (Wildman–Crippen MR) is 127 cm³/mol. The summed E-state index contributed by atoms with van der Waals surface area (Å²) in [6.45, 7) is 4.63. The first kappa shape index (κ1) is 21.3. The molecule has 0 amide bonds. The van der Waals surface area contributed by atoms with Crippen LogP contribution in [0.2, 0.25) is 12.1 Å². The molecule has 1 unspecified atom stereocenters. The van der Waals surface area contributed by atoms with Crippen molar-refractivity contribution in [3.63, 3.8) is 0 Å². The first-order valence-electron chi connectivity index (χ1n) is 10.9. The zero-order valence-electron chi connectivity index (χ0n) is 17.7. The molecule has 0 saturated heterocycles. The third-order valence-corrected chi connectivity index (χ3v) is 11.2. The van der Waals surface area contributed by atoms with Gasteiger partial charge in [0, 0.05) is 11.1 Å². The molecule has 0 radical (unpaired) electrons. The van der Waals surface area contributed by atoms with Gasteiger partial charge in [0.2, 0.25) is 0 Å². The largest absolute Gasteiger partial charge is 0.294 e. The Kier molecular flexibility index (Phi) is 7.59. The van der Waals surface area contributed by atoms with Gasteiger partial charge < -0.3 is 0 Å². The minimum atomic E-state index is -2.29. The minimum Gasteiger partial charge on any atom is -0.294 e. The van der Waals surface area contributed by atoms with Crippen molar-refractivity contribution >= 4 is 24.2 Å². The van der Waals surface area contributed by atoms with E-state index in [1.54, 1.807) is 0 Å². The van der Waals surface area contributed by atoms with Crippen LogP contribution in [0, 0.1) is 0 Å². The summed E-state index contributed by atoms with van der Waals surface area (Å²) in [6, 6.07) is 31.4. The lowest BCUT2D eigenvalue weighted by atomic mass is 10.0. The van der Waals surface area contributed by atoms with Crippen LogP contribution in [0.15, 0.2) is 91.0 Å². The third kappa shape index (κ3) is 4.94. The normalized spacial score (nSPS) is 12.5. The van der Waals surface area contributed by atoms with Crippen molar-refractivity contribution in [2.75, 3.05) is 0 Å². The number of rotatable bonds is 10. The molecule has 0 spiro atoms. The highest BCUT2D eigenvalue weighted by Crippen LogP contribution is 2.32. The van der Waals surface area contributed by atoms with Crippen molar-refractivity contribution in [3.8, 4) is 0 Å². The fourth-order valence-electron chi connectivity index (χ4n) is 4.40. The van der Waals surface area contributed by atoms with Crippen LogP contribution in [0.3, 0.4) is 0 Å². The van der Waals surface area contributed by atoms with E-state index < -0.39 is 8.07 Å². The fraction of sp³-hybridized carbons (Fsp3) is 0.296. The van der Waals surface area contributed by atoms with Crippen molar-refractivity contribution in [1.82, 2.24) is 0 Å². The lowest BCUT2D eigenvalue weighted by molar-refractivity contribution is 0.0977. The molecule has 1 nitrogen and oxygen atoms in total. The first-order valence-corrected chi connectivity index (χ1v) is 13.5. The van der Waals surface area contributed by atoms with Gasteiger partial charge in [0.1, 0.15) is 8.07 Å². The number of hydrogen-bond acceptors (Lipinski definition) is 1. The zero-order chi connectivity index (χ0) is 20.5. The molecule has 0 saturated carbocycles. The van der Waals surface area contributed by atoms with Crippen LogP contribution in [0.4, 0.5) is 0 Å². The number of ketones is 1. The Morgan fingerprint density at radius 1 is 0.724 bits per heavy atom. The minimum absolute atomic E-state index is 0.0338. The average molecular weight is 401 g/mol. The molecule has 0 aromatic heterocycles. The molecule has 1 atom stereocenters. The Labute approximate surface area is 176 Å². The molecule has 0 aliphatic heterocycles. The van der Waals surface area contributed by atoms with Crippen molar-refractivity contribution in [1.29, 1.82) is 0 Å². The molecule has 29 heavy (non-hydrogen) atoms. The molecule has 3 rings (SSSR count). The van der Waals surface area contributed by atoms with Gasteiger partial charge in [-0.3, -0.25) is 4.79 Å². The molecule has 3 aromatic carbocycles. The van der Waals surface area contributed by atoms with E-state index in [2.05, 4.69) is 74.1 Å². The number of hydrogen-bond donors (Lipinski definition) is 0. The van der Waals surface area contributed by atoms with Crippen LogP contribution in [-0.4, -0.2) is 13.9 Å². The van der Waals surface area contributed by atoms with Gasteiger partial charge in [0.05, 0.1) is 0 Å². The number of carbonyl (C=O) groups is 1. The summed E-state index contributed by atoms with van der Waals surface area (Å²) in [5.74, 6) is 0.309. The lowest BCUT2D eigenvalue weighted by Crippen LogP contribution is -2.60. The van der Waals surface area contributed by atoms with E-state index in [-0.39, 0.29) is 5.54 Å². The Bertz CT molecular complexity index is 835. The highest BCUT2D eigenvalue weighted by molar-refractivity contribution is 7.04. The number of unbranched alkanes of at least 4 members (excludes halogenated alkanes) is 3. The summed E-state index contributed by atoms with van der Waals surface area (Å²) in [7, 11) is -2.29. The molecule has 0 heterocycles. The SMILES string of the molecule is CCCCCCC(C(=O)c1ccccc1)[Si](C)(c1ccccc1)c1ccccc1. The summed E-state index contributed by atoms with van der Waals surface area (Å²) in [5, 5.41) is 2.69. The van der Waals surface area contributed by atoms with Gasteiger partial charge in [-0.1, -0.05) is 141 Å². The molecule has 3 aromatic rings. The summed E-state index contributed by atoms with van der Waals surface area (Å²) in [6.07, 6.45) is 5.72. The summed E-state index contributed by atoms with van der Waals surface area (Å²) >= 11 is 0. The van der Waals surface area contributed by atoms with E-state index in [1.807, 2.05) is 30.3 Å². The molecular formula is C27H32OSi. The molecular weight excluding hydrogens is 368 g/mol. The zero-order valence-corrected chi connectivity index (χ0v) is 18.7. The Morgan fingerprint density at radius 2 is 1.21 bits per heavy atom. The Balaban J connectivity index is 2.08. The van der Waals surface area contributed by atoms with E-state index in [4.69, 9.17) is 0 Å². The molecule has 0 N–H and O–H groups in total. The molecule has 0 aliphatic rings. The quantitative estimate of drug-likeness (QED) is 0.228. The second-order valence-corrected chi connectivity index (χ2v) is 12.3. The predicted octanol–water partition coefficient (Wildman–Crippen LogP) is 6.10. The summed E-state index contributed by atoms with van der Waals surface area (Å²) in [4.78, 5) is 13.8. The maximum absolute atomic E-state index is 13.8. The van der Waals surface area contributed by atoms with Crippen molar-refractivity contribution in [2.24, 2.45) is 0 Å². The second-order valence-electron chi connectivity index (χ2n) is 8.07. The standard InChI is InChI=1S/C27H32OSi/c1-3-4-5-15-22-26(27(28)23-16-9-6-10-17-23)29(2,24-18-11-7-12-19-24)25-20-13-8-14-21-25/h6-14,16-21,26H,3-5,15,22H2,1-2H3. The third-order valence-electron chi connectivity index (χ3n) is 6.17. The summed E-state index contributed by atoms with van der Waals surface area (Å²) < 4.78 is 0. The van der Waals surface area contributed by atoms with E-state index in [0.29, 0.717) is 5.78 Å². The van der Waals surface area contributed by atoms with Crippen LogP contribution in [0.25, 0.3) is 0 Å². The van der Waals surface area contributed by atoms with Crippen molar-refractivity contribution in [3.05, 3.63) is 96.6 Å². The van der Waals surface area contributed by atoms with Gasteiger partial charge in [-0.15, -0.1) is 0 Å². The average Bonchev–Trinajstić information content (AvgIpc) is 2.80. The van der Waals surface area contributed by atoms with Crippen LogP contribution in [0.1, 0.15) is 49.4 Å². The van der Waals surface area contributed by atoms with Crippen LogP contribution < -0.4 is 10.4 Å². The van der Waals surface area contributed by atoms with Crippen molar-refractivity contribution < 1.29 is 4.79 Å². The highest BCUT2D eigenvalue weighted by Gasteiger charge is 2.43. The van der Waals surface area contributed by atoms with E-state index >= 15 is 0 Å². The Morgan fingerprint density at radius 3 is 1.69 bits per heavy atom. The highest BCUT2D eigenvalue weighted by atomic mass is 28.3. The molecule has 2 heteroatoms. The monoisotopic (exact) mass is 400 g/mol. The van der Waals surface area contributed by atoms with Gasteiger partial charge in [-0.05, 0) is 6.42 Å². The lowest BCUT2D eigenvalue weighted by Gasteiger charge is -2.36. The fourth-order valence-corrected chi connectivity index (χ4v) is 8.78.